The Morgan fingerprint density at radius 2 is 1.79 bits per heavy atom. The summed E-state index contributed by atoms with van der Waals surface area (Å²) in [7, 11) is 0. The van der Waals surface area contributed by atoms with Crippen LogP contribution in [0.2, 0.25) is 0 Å². The molecule has 9 nitrogen and oxygen atoms in total. The van der Waals surface area contributed by atoms with Crippen LogP contribution in [0, 0.1) is 12.7 Å². The third-order valence-corrected chi connectivity index (χ3v) is 6.81. The number of rotatable bonds is 8. The highest BCUT2D eigenvalue weighted by Gasteiger charge is 2.35. The Balaban J connectivity index is 1.50. The molecule has 1 saturated carbocycles. The van der Waals surface area contributed by atoms with Crippen LogP contribution < -0.4 is 10.2 Å². The van der Waals surface area contributed by atoms with Gasteiger partial charge in [-0.15, -0.1) is 10.2 Å². The van der Waals surface area contributed by atoms with E-state index in [1.165, 1.54) is 46.1 Å². The van der Waals surface area contributed by atoms with E-state index in [1.54, 1.807) is 12.1 Å². The highest BCUT2D eigenvalue weighted by molar-refractivity contribution is 6.01. The second kappa shape index (κ2) is 11.4. The summed E-state index contributed by atoms with van der Waals surface area (Å²) < 4.78 is 13.8. The number of anilines is 1. The average molecular weight is 529 g/mol. The molecule has 4 aromatic rings. The van der Waals surface area contributed by atoms with Crippen LogP contribution in [0.5, 0.6) is 5.75 Å². The number of carbonyl (C=O) groups is 2. The molecule has 1 fully saturated rings. The largest absolute Gasteiger partial charge is 0.508 e. The molecule has 2 N–H and O–H groups in total. The molecule has 0 spiro atoms. The molecule has 1 aliphatic rings. The number of hydrogen-bond donors (Lipinski definition) is 2. The van der Waals surface area contributed by atoms with Crippen molar-refractivity contribution in [3.05, 3.63) is 89.7 Å². The Morgan fingerprint density at radius 3 is 2.49 bits per heavy atom. The molecular weight excluding hydrogens is 499 g/mol. The average Bonchev–Trinajstić information content (AvgIpc) is 3.60. The van der Waals surface area contributed by atoms with E-state index in [-0.39, 0.29) is 18.3 Å². The summed E-state index contributed by atoms with van der Waals surface area (Å²) >= 11 is 0. The summed E-state index contributed by atoms with van der Waals surface area (Å²) in [5.41, 5.74) is 2.57. The number of aromatic nitrogens is 4. The van der Waals surface area contributed by atoms with Crippen molar-refractivity contribution in [1.82, 2.24) is 25.5 Å². The van der Waals surface area contributed by atoms with Gasteiger partial charge in [-0.05, 0) is 54.8 Å². The first kappa shape index (κ1) is 26.0. The van der Waals surface area contributed by atoms with E-state index in [1.807, 2.05) is 31.2 Å². The van der Waals surface area contributed by atoms with Gasteiger partial charge in [0.1, 0.15) is 24.2 Å². The first-order chi connectivity index (χ1) is 18.9. The van der Waals surface area contributed by atoms with Crippen molar-refractivity contribution >= 4 is 17.5 Å². The zero-order chi connectivity index (χ0) is 27.4. The van der Waals surface area contributed by atoms with Gasteiger partial charge in [-0.2, -0.15) is 4.80 Å². The SMILES string of the molecule is Cc1ccc(-c2nnn(CC(=O)N(c3cccc(O)c3)C(C(=O)NC3CCCC3)c3ccc(F)cc3)n2)cc1. The Bertz CT molecular complexity index is 1450. The molecule has 1 unspecified atom stereocenters. The number of carbonyl (C=O) groups excluding carboxylic acids is 2. The minimum absolute atomic E-state index is 0.00405. The number of benzene rings is 3. The second-order valence-electron chi connectivity index (χ2n) is 9.74. The molecule has 1 heterocycles. The Hall–Kier alpha value is -4.60. The van der Waals surface area contributed by atoms with E-state index in [9.17, 15) is 19.1 Å². The smallest absolute Gasteiger partial charge is 0.251 e. The normalized spacial score (nSPS) is 14.2. The molecule has 2 amide bonds. The lowest BCUT2D eigenvalue weighted by Crippen LogP contribution is -2.47. The van der Waals surface area contributed by atoms with E-state index in [0.717, 1.165) is 36.8 Å². The maximum atomic E-state index is 13.9. The topological polar surface area (TPSA) is 113 Å². The fourth-order valence-corrected chi connectivity index (χ4v) is 4.82. The fourth-order valence-electron chi connectivity index (χ4n) is 4.82. The first-order valence-corrected chi connectivity index (χ1v) is 12.9. The number of hydrogen-bond acceptors (Lipinski definition) is 6. The van der Waals surface area contributed by atoms with Gasteiger partial charge in [-0.3, -0.25) is 14.5 Å². The highest BCUT2D eigenvalue weighted by atomic mass is 19.1. The van der Waals surface area contributed by atoms with E-state index in [0.29, 0.717) is 17.1 Å². The standard InChI is InChI=1S/C29H29FN6O3/c1-19-9-11-21(12-10-19)28-32-34-35(33-28)18-26(38)36(24-7-4-8-25(37)17-24)27(20-13-15-22(30)16-14-20)29(39)31-23-5-2-3-6-23/h4,7-17,23,27,37H,2-3,5-6,18H2,1H3,(H,31,39). The summed E-state index contributed by atoms with van der Waals surface area (Å²) in [5.74, 6) is -1.07. The first-order valence-electron chi connectivity index (χ1n) is 12.9. The molecule has 1 atom stereocenters. The highest BCUT2D eigenvalue weighted by Crippen LogP contribution is 2.31. The van der Waals surface area contributed by atoms with Crippen LogP contribution in [0.4, 0.5) is 10.1 Å². The minimum atomic E-state index is -1.12. The van der Waals surface area contributed by atoms with Gasteiger partial charge in [0.2, 0.25) is 11.7 Å². The molecule has 0 aliphatic heterocycles. The molecule has 1 aromatic heterocycles. The third kappa shape index (κ3) is 6.11. The van der Waals surface area contributed by atoms with Crippen LogP contribution >= 0.6 is 0 Å². The predicted octanol–water partition coefficient (Wildman–Crippen LogP) is 4.33. The second-order valence-corrected chi connectivity index (χ2v) is 9.74. The van der Waals surface area contributed by atoms with Crippen molar-refractivity contribution in [2.24, 2.45) is 0 Å². The number of phenols is 1. The Labute approximate surface area is 225 Å². The van der Waals surface area contributed by atoms with Crippen LogP contribution in [-0.2, 0) is 16.1 Å². The number of halogens is 1. The molecule has 0 bridgehead atoms. The summed E-state index contributed by atoms with van der Waals surface area (Å²) in [6, 6.07) is 18.1. The van der Waals surface area contributed by atoms with Crippen LogP contribution in [0.3, 0.4) is 0 Å². The van der Waals surface area contributed by atoms with Crippen LogP contribution in [0.25, 0.3) is 11.4 Å². The molecule has 5 rings (SSSR count). The zero-order valence-electron chi connectivity index (χ0n) is 21.5. The van der Waals surface area contributed by atoms with Crippen LogP contribution in [0.1, 0.15) is 42.9 Å². The predicted molar refractivity (Wildman–Crippen MR) is 143 cm³/mol. The number of nitrogens with one attached hydrogen (secondary N) is 1. The molecule has 3 aromatic carbocycles. The fraction of sp³-hybridized carbons (Fsp3) is 0.276. The van der Waals surface area contributed by atoms with Crippen molar-refractivity contribution in [1.29, 1.82) is 0 Å². The molecular formula is C29H29FN6O3. The molecule has 0 saturated heterocycles. The number of phenolic OH excluding ortho intramolecular Hbond substituents is 1. The van der Waals surface area contributed by atoms with E-state index >= 15 is 0 Å². The summed E-state index contributed by atoms with van der Waals surface area (Å²) in [6.07, 6.45) is 3.74. The molecule has 1 aliphatic carbocycles. The van der Waals surface area contributed by atoms with Crippen molar-refractivity contribution in [2.45, 2.75) is 51.2 Å². The molecule has 0 radical (unpaired) electrons. The van der Waals surface area contributed by atoms with Gasteiger partial charge >= 0.3 is 0 Å². The number of aromatic hydroxyl groups is 1. The quantitative estimate of drug-likeness (QED) is 0.352. The zero-order valence-corrected chi connectivity index (χ0v) is 21.5. The molecule has 200 valence electrons. The van der Waals surface area contributed by atoms with Crippen LogP contribution in [-0.4, -0.2) is 43.2 Å². The maximum absolute atomic E-state index is 13.9. The van der Waals surface area contributed by atoms with Gasteiger partial charge in [-0.1, -0.05) is 60.9 Å². The van der Waals surface area contributed by atoms with Crippen molar-refractivity contribution in [2.75, 3.05) is 4.90 Å². The lowest BCUT2D eigenvalue weighted by molar-refractivity contribution is -0.127. The Kier molecular flexibility index (Phi) is 7.62. The monoisotopic (exact) mass is 528 g/mol. The van der Waals surface area contributed by atoms with Gasteiger partial charge in [-0.25, -0.2) is 4.39 Å². The number of aryl methyl sites for hydroxylation is 1. The van der Waals surface area contributed by atoms with Crippen molar-refractivity contribution in [3.63, 3.8) is 0 Å². The number of nitrogens with zero attached hydrogens (tertiary/aromatic N) is 5. The summed E-state index contributed by atoms with van der Waals surface area (Å²) in [6.45, 7) is 1.66. The van der Waals surface area contributed by atoms with E-state index in [2.05, 4.69) is 20.7 Å². The lowest BCUT2D eigenvalue weighted by Gasteiger charge is -2.32. The van der Waals surface area contributed by atoms with Gasteiger partial charge < -0.3 is 10.4 Å². The lowest BCUT2D eigenvalue weighted by atomic mass is 10.0. The van der Waals surface area contributed by atoms with Gasteiger partial charge in [0.25, 0.3) is 5.91 Å². The van der Waals surface area contributed by atoms with E-state index in [4.69, 9.17) is 0 Å². The molecule has 39 heavy (non-hydrogen) atoms. The number of tetrazole rings is 1. The summed E-state index contributed by atoms with van der Waals surface area (Å²) in [4.78, 5) is 30.1. The maximum Gasteiger partial charge on any atom is 0.251 e. The van der Waals surface area contributed by atoms with Gasteiger partial charge in [0.15, 0.2) is 0 Å². The van der Waals surface area contributed by atoms with Gasteiger partial charge in [0, 0.05) is 23.4 Å². The van der Waals surface area contributed by atoms with Crippen LogP contribution in [0.15, 0.2) is 72.8 Å². The number of amides is 2. The van der Waals surface area contributed by atoms with E-state index < -0.39 is 23.7 Å². The third-order valence-electron chi connectivity index (χ3n) is 6.81. The van der Waals surface area contributed by atoms with Crippen molar-refractivity contribution < 1.29 is 19.1 Å². The van der Waals surface area contributed by atoms with Gasteiger partial charge in [0.05, 0.1) is 0 Å². The van der Waals surface area contributed by atoms with Crippen molar-refractivity contribution in [3.8, 4) is 17.1 Å². The Morgan fingerprint density at radius 1 is 1.08 bits per heavy atom. The minimum Gasteiger partial charge on any atom is -0.508 e. The molecule has 10 heteroatoms. The summed E-state index contributed by atoms with van der Waals surface area (Å²) in [5, 5.41) is 25.8.